The molecule has 0 unspecified atom stereocenters. The Morgan fingerprint density at radius 2 is 2.08 bits per heavy atom. The Kier molecular flexibility index (Phi) is 2.30. The summed E-state index contributed by atoms with van der Waals surface area (Å²) in [5, 5.41) is 8.91. The lowest BCUT2D eigenvalue weighted by Crippen LogP contribution is -2.30. The maximum atomic E-state index is 11.0. The number of carboxylic acid groups (broad SMARTS) is 1. The molecule has 0 saturated carbocycles. The third-order valence-corrected chi connectivity index (χ3v) is 2.78. The Balaban J connectivity index is 3.29. The Hall–Kier alpha value is -1.10. The van der Waals surface area contributed by atoms with Gasteiger partial charge in [-0.15, -0.1) is 0 Å². The number of nitrogens with one attached hydrogen (secondary N) is 1. The fraction of sp³-hybridized carbons (Fsp3) is 0.500. The molecule has 0 radical (unpaired) electrons. The van der Waals surface area contributed by atoms with E-state index in [4.69, 9.17) is 5.11 Å². The van der Waals surface area contributed by atoms with Crippen molar-refractivity contribution in [1.82, 2.24) is 4.98 Å². The van der Waals surface area contributed by atoms with Crippen molar-refractivity contribution in [2.24, 2.45) is 0 Å². The van der Waals surface area contributed by atoms with Gasteiger partial charge in [-0.25, -0.2) is 0 Å². The summed E-state index contributed by atoms with van der Waals surface area (Å²) in [6.07, 6.45) is 0. The number of hydrogen-bond acceptors (Lipinski definition) is 3. The van der Waals surface area contributed by atoms with Crippen molar-refractivity contribution in [2.75, 3.05) is 0 Å². The van der Waals surface area contributed by atoms with Gasteiger partial charge in [0.05, 0.1) is 0 Å². The van der Waals surface area contributed by atoms with E-state index in [1.165, 1.54) is 0 Å². The lowest BCUT2D eigenvalue weighted by molar-refractivity contribution is -0.142. The Labute approximate surface area is 79.2 Å². The largest absolute Gasteiger partial charge is 0.481 e. The van der Waals surface area contributed by atoms with Gasteiger partial charge in [0.25, 0.3) is 0 Å². The molecule has 0 atom stereocenters. The van der Waals surface area contributed by atoms with Crippen molar-refractivity contribution in [3.05, 3.63) is 20.2 Å². The molecule has 0 amide bonds. The molecule has 5 heteroatoms. The molecule has 1 aromatic rings. The molecule has 0 aromatic carbocycles. The first-order valence-corrected chi connectivity index (χ1v) is 4.61. The Bertz CT molecular complexity index is 388. The second-order valence-electron chi connectivity index (χ2n) is 3.38. The average Bonchev–Trinajstić information content (AvgIpc) is 2.30. The van der Waals surface area contributed by atoms with E-state index in [0.717, 1.165) is 16.2 Å². The van der Waals surface area contributed by atoms with Gasteiger partial charge in [-0.05, 0) is 20.8 Å². The maximum absolute atomic E-state index is 11.0. The highest BCUT2D eigenvalue weighted by molar-refractivity contribution is 7.09. The first-order chi connectivity index (χ1) is 5.85. The number of aliphatic carboxylic acids is 1. The highest BCUT2D eigenvalue weighted by atomic mass is 32.1. The summed E-state index contributed by atoms with van der Waals surface area (Å²) in [5.74, 6) is -0.940. The van der Waals surface area contributed by atoms with Crippen LogP contribution in [0.15, 0.2) is 4.79 Å². The van der Waals surface area contributed by atoms with Gasteiger partial charge < -0.3 is 10.1 Å². The zero-order valence-electron chi connectivity index (χ0n) is 7.67. The van der Waals surface area contributed by atoms with E-state index in [1.54, 1.807) is 20.8 Å². The molecule has 0 saturated heterocycles. The number of hydrogen-bond donors (Lipinski definition) is 2. The predicted molar refractivity (Wildman–Crippen MR) is 50.3 cm³/mol. The van der Waals surface area contributed by atoms with Crippen molar-refractivity contribution in [2.45, 2.75) is 26.2 Å². The molecule has 1 rings (SSSR count). The molecule has 1 heterocycles. The quantitative estimate of drug-likeness (QED) is 0.753. The SMILES string of the molecule is Cc1sc(=O)[nH]c1C(C)(C)C(=O)O. The molecule has 72 valence electrons. The number of rotatable bonds is 2. The lowest BCUT2D eigenvalue weighted by atomic mass is 9.89. The second-order valence-corrected chi connectivity index (χ2v) is 4.56. The van der Waals surface area contributed by atoms with Crippen LogP contribution >= 0.6 is 11.3 Å². The van der Waals surface area contributed by atoms with Gasteiger partial charge in [-0.2, -0.15) is 0 Å². The van der Waals surface area contributed by atoms with Crippen molar-refractivity contribution in [3.63, 3.8) is 0 Å². The normalized spacial score (nSPS) is 11.6. The highest BCUT2D eigenvalue weighted by Crippen LogP contribution is 2.25. The summed E-state index contributed by atoms with van der Waals surface area (Å²) in [5.41, 5.74) is -0.529. The van der Waals surface area contributed by atoms with Crippen LogP contribution in [0, 0.1) is 6.92 Å². The first-order valence-electron chi connectivity index (χ1n) is 3.79. The number of aromatic amines is 1. The van der Waals surface area contributed by atoms with Gasteiger partial charge in [0, 0.05) is 10.6 Å². The number of H-pyrrole nitrogens is 1. The summed E-state index contributed by atoms with van der Waals surface area (Å²) in [4.78, 5) is 24.9. The maximum Gasteiger partial charge on any atom is 0.315 e. The fourth-order valence-corrected chi connectivity index (χ4v) is 1.95. The van der Waals surface area contributed by atoms with E-state index >= 15 is 0 Å². The summed E-state index contributed by atoms with van der Waals surface area (Å²) in [6, 6.07) is 0. The minimum absolute atomic E-state index is 0.207. The highest BCUT2D eigenvalue weighted by Gasteiger charge is 2.32. The van der Waals surface area contributed by atoms with Crippen LogP contribution < -0.4 is 4.87 Å². The molecule has 0 aliphatic heterocycles. The van der Waals surface area contributed by atoms with E-state index in [1.807, 2.05) is 0 Å². The molecule has 4 nitrogen and oxygen atoms in total. The van der Waals surface area contributed by atoms with E-state index in [0.29, 0.717) is 5.69 Å². The number of thiazole rings is 1. The van der Waals surface area contributed by atoms with Gasteiger partial charge in [-0.1, -0.05) is 11.3 Å². The number of aryl methyl sites for hydroxylation is 1. The molecule has 2 N–H and O–H groups in total. The zero-order chi connectivity index (χ0) is 10.2. The lowest BCUT2D eigenvalue weighted by Gasteiger charge is -2.17. The molecule has 13 heavy (non-hydrogen) atoms. The van der Waals surface area contributed by atoms with Crippen LogP contribution in [0.4, 0.5) is 0 Å². The van der Waals surface area contributed by atoms with E-state index in [9.17, 15) is 9.59 Å². The second kappa shape index (κ2) is 2.99. The van der Waals surface area contributed by atoms with E-state index < -0.39 is 11.4 Å². The zero-order valence-corrected chi connectivity index (χ0v) is 8.49. The molecule has 0 spiro atoms. The molecule has 0 aliphatic rings. The molecular formula is C8H11NO3S. The number of carboxylic acids is 1. The van der Waals surface area contributed by atoms with E-state index in [2.05, 4.69) is 4.98 Å². The van der Waals surface area contributed by atoms with Crippen LogP contribution in [0.5, 0.6) is 0 Å². The van der Waals surface area contributed by atoms with Crippen LogP contribution in [0.3, 0.4) is 0 Å². The van der Waals surface area contributed by atoms with Crippen LogP contribution in [0.25, 0.3) is 0 Å². The summed E-state index contributed by atoms with van der Waals surface area (Å²) >= 11 is 1.04. The third kappa shape index (κ3) is 1.65. The number of aromatic nitrogens is 1. The van der Waals surface area contributed by atoms with Crippen LogP contribution in [-0.2, 0) is 10.2 Å². The Morgan fingerprint density at radius 3 is 2.38 bits per heavy atom. The van der Waals surface area contributed by atoms with Gasteiger partial charge in [-0.3, -0.25) is 9.59 Å². The monoisotopic (exact) mass is 201 g/mol. The molecular weight excluding hydrogens is 190 g/mol. The van der Waals surface area contributed by atoms with Crippen molar-refractivity contribution < 1.29 is 9.90 Å². The third-order valence-electron chi connectivity index (χ3n) is 1.98. The van der Waals surface area contributed by atoms with Crippen molar-refractivity contribution in [1.29, 1.82) is 0 Å². The van der Waals surface area contributed by atoms with Crippen LogP contribution in [0.1, 0.15) is 24.4 Å². The average molecular weight is 201 g/mol. The first kappa shape index (κ1) is 9.98. The molecule has 0 fully saturated rings. The van der Waals surface area contributed by atoms with Crippen LogP contribution in [0.2, 0.25) is 0 Å². The minimum Gasteiger partial charge on any atom is -0.481 e. The van der Waals surface area contributed by atoms with Crippen molar-refractivity contribution in [3.8, 4) is 0 Å². The summed E-state index contributed by atoms with van der Waals surface area (Å²) in [7, 11) is 0. The standard InChI is InChI=1S/C8H11NO3S/c1-4-5(9-7(12)13-4)8(2,3)6(10)11/h1-3H3,(H,9,12)(H,10,11). The summed E-state index contributed by atoms with van der Waals surface area (Å²) in [6.45, 7) is 4.88. The van der Waals surface area contributed by atoms with Crippen LogP contribution in [-0.4, -0.2) is 16.1 Å². The van der Waals surface area contributed by atoms with E-state index in [-0.39, 0.29) is 4.87 Å². The molecule has 1 aromatic heterocycles. The van der Waals surface area contributed by atoms with Gasteiger partial charge in [0.1, 0.15) is 5.41 Å². The van der Waals surface area contributed by atoms with Gasteiger partial charge >= 0.3 is 10.8 Å². The van der Waals surface area contributed by atoms with Gasteiger partial charge in [0.2, 0.25) is 0 Å². The minimum atomic E-state index is -1.02. The smallest absolute Gasteiger partial charge is 0.315 e. The fourth-order valence-electron chi connectivity index (χ4n) is 1.11. The predicted octanol–water partition coefficient (Wildman–Crippen LogP) is 1.11. The van der Waals surface area contributed by atoms with Crippen molar-refractivity contribution >= 4 is 17.3 Å². The Morgan fingerprint density at radius 1 is 1.54 bits per heavy atom. The molecule has 0 bridgehead atoms. The topological polar surface area (TPSA) is 70.2 Å². The molecule has 0 aliphatic carbocycles. The number of carbonyl (C=O) groups is 1. The summed E-state index contributed by atoms with van der Waals surface area (Å²) < 4.78 is 0. The van der Waals surface area contributed by atoms with Gasteiger partial charge in [0.15, 0.2) is 0 Å².